The fourth-order valence-electron chi connectivity index (χ4n) is 2.04. The van der Waals surface area contributed by atoms with Gasteiger partial charge in [-0.2, -0.15) is 5.26 Å². The van der Waals surface area contributed by atoms with E-state index in [0.717, 1.165) is 12.5 Å². The molecule has 1 saturated carbocycles. The monoisotopic (exact) mass is 230 g/mol. The molecule has 1 aromatic carbocycles. The van der Waals surface area contributed by atoms with Crippen molar-refractivity contribution in [2.75, 3.05) is 20.7 Å². The standard InChI is InChI=1S/C14H18N2O/c1-16(9-11-3-4-11)10-12-5-6-13(8-15)14(7-12)17-2/h5-7,11H,3-4,9-10H2,1-2H3. The zero-order chi connectivity index (χ0) is 12.3. The highest BCUT2D eigenvalue weighted by atomic mass is 16.5. The van der Waals surface area contributed by atoms with Crippen molar-refractivity contribution < 1.29 is 4.74 Å². The molecule has 1 fully saturated rings. The number of nitrogens with zero attached hydrogens (tertiary/aromatic N) is 2. The first-order valence-electron chi connectivity index (χ1n) is 5.98. The van der Waals surface area contributed by atoms with Gasteiger partial charge in [0.15, 0.2) is 0 Å². The minimum Gasteiger partial charge on any atom is -0.495 e. The topological polar surface area (TPSA) is 36.3 Å². The Kier molecular flexibility index (Phi) is 3.65. The van der Waals surface area contributed by atoms with Crippen LogP contribution < -0.4 is 4.74 Å². The fourth-order valence-corrected chi connectivity index (χ4v) is 2.04. The van der Waals surface area contributed by atoms with Crippen LogP contribution in [0.3, 0.4) is 0 Å². The van der Waals surface area contributed by atoms with Crippen LogP contribution in [0.2, 0.25) is 0 Å². The Bertz CT molecular complexity index is 432. The van der Waals surface area contributed by atoms with Gasteiger partial charge in [0.25, 0.3) is 0 Å². The molecule has 3 nitrogen and oxygen atoms in total. The minimum absolute atomic E-state index is 0.598. The average Bonchev–Trinajstić information content (AvgIpc) is 3.12. The van der Waals surface area contributed by atoms with Crippen molar-refractivity contribution in [3.8, 4) is 11.8 Å². The molecule has 0 unspecified atom stereocenters. The summed E-state index contributed by atoms with van der Waals surface area (Å²) in [7, 11) is 3.75. The molecule has 0 atom stereocenters. The number of methoxy groups -OCH3 is 1. The Hall–Kier alpha value is -1.53. The molecule has 1 aliphatic rings. The van der Waals surface area contributed by atoms with E-state index in [1.165, 1.54) is 24.9 Å². The summed E-state index contributed by atoms with van der Waals surface area (Å²) in [5.74, 6) is 1.57. The lowest BCUT2D eigenvalue weighted by Gasteiger charge is -2.16. The molecule has 0 N–H and O–H groups in total. The van der Waals surface area contributed by atoms with Crippen LogP contribution in [0.25, 0.3) is 0 Å². The normalized spacial score (nSPS) is 14.7. The van der Waals surface area contributed by atoms with Crippen LogP contribution in [0.1, 0.15) is 24.0 Å². The second-order valence-corrected chi connectivity index (χ2v) is 4.79. The van der Waals surface area contributed by atoms with E-state index in [2.05, 4.69) is 18.0 Å². The van der Waals surface area contributed by atoms with Crippen LogP contribution in [0.15, 0.2) is 18.2 Å². The molecular weight excluding hydrogens is 212 g/mol. The maximum absolute atomic E-state index is 8.91. The molecule has 0 aromatic heterocycles. The summed E-state index contributed by atoms with van der Waals surface area (Å²) in [6, 6.07) is 7.93. The third-order valence-corrected chi connectivity index (χ3v) is 3.11. The number of rotatable bonds is 5. The molecule has 0 amide bonds. The smallest absolute Gasteiger partial charge is 0.136 e. The number of ether oxygens (including phenoxy) is 1. The third kappa shape index (κ3) is 3.21. The first kappa shape index (κ1) is 11.9. The van der Waals surface area contributed by atoms with E-state index >= 15 is 0 Å². The van der Waals surface area contributed by atoms with Crippen molar-refractivity contribution in [2.45, 2.75) is 19.4 Å². The number of hydrogen-bond acceptors (Lipinski definition) is 3. The van der Waals surface area contributed by atoms with Crippen LogP contribution >= 0.6 is 0 Å². The molecule has 3 heteroatoms. The lowest BCUT2D eigenvalue weighted by atomic mass is 10.1. The molecule has 2 rings (SSSR count). The molecule has 0 heterocycles. The highest BCUT2D eigenvalue weighted by molar-refractivity contribution is 5.45. The Morgan fingerprint density at radius 2 is 2.24 bits per heavy atom. The van der Waals surface area contributed by atoms with Gasteiger partial charge in [-0.3, -0.25) is 0 Å². The Balaban J connectivity index is 2.02. The van der Waals surface area contributed by atoms with Crippen LogP contribution in [0.5, 0.6) is 5.75 Å². The highest BCUT2D eigenvalue weighted by Crippen LogP contribution is 2.30. The van der Waals surface area contributed by atoms with Crippen LogP contribution in [0, 0.1) is 17.2 Å². The SMILES string of the molecule is COc1cc(CN(C)CC2CC2)ccc1C#N. The van der Waals surface area contributed by atoms with E-state index < -0.39 is 0 Å². The number of nitriles is 1. The van der Waals surface area contributed by atoms with Crippen molar-refractivity contribution in [1.82, 2.24) is 4.90 Å². The first-order chi connectivity index (χ1) is 8.22. The quantitative estimate of drug-likeness (QED) is 0.779. The van der Waals surface area contributed by atoms with Gasteiger partial charge in [0.2, 0.25) is 0 Å². The van der Waals surface area contributed by atoms with E-state index in [4.69, 9.17) is 10.00 Å². The van der Waals surface area contributed by atoms with E-state index in [9.17, 15) is 0 Å². The molecular formula is C14H18N2O. The summed E-state index contributed by atoms with van der Waals surface area (Å²) in [4.78, 5) is 2.33. The maximum Gasteiger partial charge on any atom is 0.136 e. The second kappa shape index (κ2) is 5.20. The van der Waals surface area contributed by atoms with Gasteiger partial charge in [-0.15, -0.1) is 0 Å². The predicted octanol–water partition coefficient (Wildman–Crippen LogP) is 2.41. The van der Waals surface area contributed by atoms with Crippen molar-refractivity contribution in [3.63, 3.8) is 0 Å². The number of hydrogen-bond donors (Lipinski definition) is 0. The van der Waals surface area contributed by atoms with E-state index in [1.54, 1.807) is 7.11 Å². The van der Waals surface area contributed by atoms with E-state index in [1.807, 2.05) is 18.2 Å². The molecule has 17 heavy (non-hydrogen) atoms. The summed E-state index contributed by atoms with van der Waals surface area (Å²) in [6.07, 6.45) is 2.75. The summed E-state index contributed by atoms with van der Waals surface area (Å²) >= 11 is 0. The van der Waals surface area contributed by atoms with Gasteiger partial charge >= 0.3 is 0 Å². The van der Waals surface area contributed by atoms with Crippen molar-refractivity contribution in [1.29, 1.82) is 5.26 Å². The van der Waals surface area contributed by atoms with Crippen LogP contribution in [-0.2, 0) is 6.54 Å². The zero-order valence-corrected chi connectivity index (χ0v) is 10.4. The average molecular weight is 230 g/mol. The van der Waals surface area contributed by atoms with Gasteiger partial charge < -0.3 is 9.64 Å². The van der Waals surface area contributed by atoms with Crippen LogP contribution in [0.4, 0.5) is 0 Å². The van der Waals surface area contributed by atoms with Crippen molar-refractivity contribution >= 4 is 0 Å². The first-order valence-corrected chi connectivity index (χ1v) is 5.98. The molecule has 0 radical (unpaired) electrons. The van der Waals surface area contributed by atoms with Crippen LogP contribution in [-0.4, -0.2) is 25.6 Å². The second-order valence-electron chi connectivity index (χ2n) is 4.79. The summed E-state index contributed by atoms with van der Waals surface area (Å²) < 4.78 is 5.21. The molecule has 1 aliphatic carbocycles. The summed E-state index contributed by atoms with van der Waals surface area (Å²) in [5.41, 5.74) is 1.80. The van der Waals surface area contributed by atoms with Gasteiger partial charge in [0, 0.05) is 13.1 Å². The molecule has 1 aromatic rings. The lowest BCUT2D eigenvalue weighted by Crippen LogP contribution is -2.20. The fraction of sp³-hybridized carbons (Fsp3) is 0.500. The molecule has 0 spiro atoms. The zero-order valence-electron chi connectivity index (χ0n) is 10.4. The van der Waals surface area contributed by atoms with E-state index in [0.29, 0.717) is 11.3 Å². The van der Waals surface area contributed by atoms with Gasteiger partial charge in [-0.1, -0.05) is 6.07 Å². The molecule has 0 aliphatic heterocycles. The largest absolute Gasteiger partial charge is 0.495 e. The predicted molar refractivity (Wildman–Crippen MR) is 66.8 cm³/mol. The lowest BCUT2D eigenvalue weighted by molar-refractivity contribution is 0.312. The highest BCUT2D eigenvalue weighted by Gasteiger charge is 2.22. The molecule has 0 bridgehead atoms. The van der Waals surface area contributed by atoms with Gasteiger partial charge in [-0.25, -0.2) is 0 Å². The van der Waals surface area contributed by atoms with Gasteiger partial charge in [0.05, 0.1) is 12.7 Å². The minimum atomic E-state index is 0.598. The Morgan fingerprint density at radius 3 is 2.82 bits per heavy atom. The Labute approximate surface area is 103 Å². The Morgan fingerprint density at radius 1 is 1.47 bits per heavy atom. The number of benzene rings is 1. The third-order valence-electron chi connectivity index (χ3n) is 3.11. The summed E-state index contributed by atoms with van der Waals surface area (Å²) in [5, 5.41) is 8.91. The van der Waals surface area contributed by atoms with E-state index in [-0.39, 0.29) is 0 Å². The van der Waals surface area contributed by atoms with Crippen molar-refractivity contribution in [3.05, 3.63) is 29.3 Å². The molecule has 90 valence electrons. The summed E-state index contributed by atoms with van der Waals surface area (Å²) in [6.45, 7) is 2.08. The van der Waals surface area contributed by atoms with Gasteiger partial charge in [0.1, 0.15) is 11.8 Å². The maximum atomic E-state index is 8.91. The van der Waals surface area contributed by atoms with Crippen molar-refractivity contribution in [2.24, 2.45) is 5.92 Å². The van der Waals surface area contributed by atoms with Gasteiger partial charge in [-0.05, 0) is 43.5 Å². The molecule has 0 saturated heterocycles.